The predicted molar refractivity (Wildman–Crippen MR) is 102 cm³/mol. The monoisotopic (exact) mass is 352 g/mol. The summed E-state index contributed by atoms with van der Waals surface area (Å²) in [6.45, 7) is 3.88. The predicted octanol–water partition coefficient (Wildman–Crippen LogP) is 3.06. The molecule has 1 heterocycles. The molecule has 1 unspecified atom stereocenters. The molecule has 0 fully saturated rings. The summed E-state index contributed by atoms with van der Waals surface area (Å²) in [7, 11) is 3.92. The molecule has 1 aliphatic heterocycles. The summed E-state index contributed by atoms with van der Waals surface area (Å²) in [6.07, 6.45) is 2.92. The molecule has 0 saturated carbocycles. The fraction of sp³-hybridized carbons (Fsp3) is 0.471. The van der Waals surface area contributed by atoms with Crippen molar-refractivity contribution in [3.8, 4) is 0 Å². The summed E-state index contributed by atoms with van der Waals surface area (Å²) in [5.74, 6) is 0. The maximum absolute atomic E-state index is 6.39. The van der Waals surface area contributed by atoms with Crippen LogP contribution in [0.25, 0.3) is 0 Å². The smallest absolute Gasteiger partial charge is 0.0694 e. The molecule has 0 radical (unpaired) electrons. The Morgan fingerprint density at radius 1 is 1.48 bits per heavy atom. The van der Waals surface area contributed by atoms with Gasteiger partial charge in [-0.25, -0.2) is 0 Å². The highest BCUT2D eigenvalue weighted by molar-refractivity contribution is 7.96. The molecular formula is C17H25ClN4S. The molecule has 4 nitrogen and oxygen atoms in total. The molecule has 1 aliphatic rings. The molecular weight excluding hydrogens is 328 g/mol. The summed E-state index contributed by atoms with van der Waals surface area (Å²) in [4.78, 5) is 6.79. The molecule has 1 aromatic rings. The van der Waals surface area contributed by atoms with E-state index in [9.17, 15) is 0 Å². The fourth-order valence-electron chi connectivity index (χ4n) is 2.85. The van der Waals surface area contributed by atoms with E-state index in [0.717, 1.165) is 52.6 Å². The molecule has 3 N–H and O–H groups in total. The van der Waals surface area contributed by atoms with Crippen molar-refractivity contribution in [3.05, 3.63) is 45.6 Å². The molecule has 0 saturated heterocycles. The number of aliphatic imine (C=N–C) groups is 1. The van der Waals surface area contributed by atoms with Gasteiger partial charge in [0, 0.05) is 42.5 Å². The summed E-state index contributed by atoms with van der Waals surface area (Å²) < 4.78 is 3.25. The van der Waals surface area contributed by atoms with Crippen molar-refractivity contribution < 1.29 is 0 Å². The molecule has 0 bridgehead atoms. The van der Waals surface area contributed by atoms with Gasteiger partial charge >= 0.3 is 0 Å². The third kappa shape index (κ3) is 4.29. The summed E-state index contributed by atoms with van der Waals surface area (Å²) in [6, 6.07) is 6.32. The van der Waals surface area contributed by atoms with Gasteiger partial charge in [-0.3, -0.25) is 14.6 Å². The average molecular weight is 353 g/mol. The number of nitrogens with two attached hydrogens (primary N) is 1. The van der Waals surface area contributed by atoms with Crippen LogP contribution in [-0.2, 0) is 6.54 Å². The Hall–Kier alpha value is -1.01. The summed E-state index contributed by atoms with van der Waals surface area (Å²) >= 11 is 7.91. The van der Waals surface area contributed by atoms with Crippen LogP contribution in [0.4, 0.5) is 0 Å². The number of hydrogen-bond donors (Lipinski definition) is 2. The molecule has 6 heteroatoms. The highest BCUT2D eigenvalue weighted by Gasteiger charge is 2.25. The van der Waals surface area contributed by atoms with E-state index in [-0.39, 0.29) is 6.04 Å². The Morgan fingerprint density at radius 3 is 2.87 bits per heavy atom. The number of likely N-dealkylation sites (N-methyl/N-ethyl adjacent to an activating group) is 1. The van der Waals surface area contributed by atoms with Gasteiger partial charge in [-0.2, -0.15) is 0 Å². The van der Waals surface area contributed by atoms with Crippen LogP contribution in [-0.4, -0.2) is 43.5 Å². The van der Waals surface area contributed by atoms with E-state index in [0.29, 0.717) is 0 Å². The Kier molecular flexibility index (Phi) is 6.53. The van der Waals surface area contributed by atoms with Gasteiger partial charge < -0.3 is 5.73 Å². The largest absolute Gasteiger partial charge is 0.400 e. The second-order valence-corrected chi connectivity index (χ2v) is 6.92. The van der Waals surface area contributed by atoms with Gasteiger partial charge in [0.05, 0.1) is 5.71 Å². The normalized spacial score (nSPS) is 20.2. The van der Waals surface area contributed by atoms with Crippen LogP contribution in [0.15, 0.2) is 34.5 Å². The van der Waals surface area contributed by atoms with Crippen LogP contribution < -0.4 is 10.5 Å². The van der Waals surface area contributed by atoms with Crippen molar-refractivity contribution in [1.29, 1.82) is 0 Å². The van der Waals surface area contributed by atoms with Crippen molar-refractivity contribution in [2.75, 3.05) is 26.9 Å². The minimum absolute atomic E-state index is 0.229. The molecule has 0 spiro atoms. The first-order valence-corrected chi connectivity index (χ1v) is 9.29. The number of halogens is 1. The van der Waals surface area contributed by atoms with Crippen molar-refractivity contribution >= 4 is 29.3 Å². The van der Waals surface area contributed by atoms with Crippen LogP contribution >= 0.6 is 23.5 Å². The lowest BCUT2D eigenvalue weighted by molar-refractivity contribution is 0.273. The number of nitrogens with one attached hydrogen (secondary N) is 1. The quantitative estimate of drug-likeness (QED) is 0.631. The molecule has 1 atom stereocenters. The van der Waals surface area contributed by atoms with E-state index in [4.69, 9.17) is 17.3 Å². The Balaban J connectivity index is 2.40. The standard InChI is InChI=1S/C17H25ClN4S/c1-11-16(19)15(5-6-22(11)3)17(20-2)13-7-12(10-21-23-4)8-14(18)9-13/h7-9,11,21H,5-6,10,19H2,1-4H3. The zero-order chi connectivity index (χ0) is 17.0. The van der Waals surface area contributed by atoms with Gasteiger partial charge in [-0.05, 0) is 56.0 Å². The number of nitrogens with zero attached hydrogens (tertiary/aromatic N) is 2. The first-order chi connectivity index (χ1) is 11.0. The highest BCUT2D eigenvalue weighted by Crippen LogP contribution is 2.25. The highest BCUT2D eigenvalue weighted by atomic mass is 35.5. The Morgan fingerprint density at radius 2 is 2.22 bits per heavy atom. The van der Waals surface area contributed by atoms with Crippen molar-refractivity contribution in [3.63, 3.8) is 0 Å². The summed E-state index contributed by atoms with van der Waals surface area (Å²) in [5, 5.41) is 0.724. The Labute approximate surface area is 148 Å². The summed E-state index contributed by atoms with van der Waals surface area (Å²) in [5.41, 5.74) is 11.6. The molecule has 126 valence electrons. The molecule has 2 rings (SSSR count). The minimum atomic E-state index is 0.229. The fourth-order valence-corrected chi connectivity index (χ4v) is 3.42. The van der Waals surface area contributed by atoms with E-state index < -0.39 is 0 Å². The van der Waals surface area contributed by atoms with E-state index >= 15 is 0 Å². The maximum atomic E-state index is 6.39. The van der Waals surface area contributed by atoms with Gasteiger partial charge in [0.1, 0.15) is 0 Å². The zero-order valence-electron chi connectivity index (χ0n) is 14.2. The minimum Gasteiger partial charge on any atom is -0.400 e. The third-order valence-corrected chi connectivity index (χ3v) is 4.99. The van der Waals surface area contributed by atoms with Gasteiger partial charge in [-0.15, -0.1) is 0 Å². The van der Waals surface area contributed by atoms with E-state index in [2.05, 4.69) is 34.7 Å². The average Bonchev–Trinajstić information content (AvgIpc) is 2.53. The zero-order valence-corrected chi connectivity index (χ0v) is 15.8. The SMILES string of the molecule is CN=C(C1=C(N)C(C)N(C)CC1)c1cc(Cl)cc(CNSC)c1. The number of hydrogen-bond acceptors (Lipinski definition) is 5. The molecule has 0 aliphatic carbocycles. The Bertz CT molecular complexity index is 627. The van der Waals surface area contributed by atoms with Crippen LogP contribution in [0.2, 0.25) is 5.02 Å². The lowest BCUT2D eigenvalue weighted by atomic mass is 9.91. The molecule has 0 aromatic heterocycles. The van der Waals surface area contributed by atoms with Crippen LogP contribution in [0.1, 0.15) is 24.5 Å². The van der Waals surface area contributed by atoms with Crippen LogP contribution in [0.5, 0.6) is 0 Å². The maximum Gasteiger partial charge on any atom is 0.0694 e. The van der Waals surface area contributed by atoms with Gasteiger partial charge in [-0.1, -0.05) is 23.5 Å². The molecule has 0 amide bonds. The van der Waals surface area contributed by atoms with E-state index in [1.807, 2.05) is 25.4 Å². The van der Waals surface area contributed by atoms with Gasteiger partial charge in [0.2, 0.25) is 0 Å². The third-order valence-electron chi connectivity index (χ3n) is 4.34. The van der Waals surface area contributed by atoms with Crippen molar-refractivity contribution in [2.45, 2.75) is 25.9 Å². The second-order valence-electron chi connectivity index (χ2n) is 5.79. The lowest BCUT2D eigenvalue weighted by Gasteiger charge is -2.33. The number of benzene rings is 1. The number of rotatable bonds is 5. The lowest BCUT2D eigenvalue weighted by Crippen LogP contribution is -2.40. The van der Waals surface area contributed by atoms with Crippen molar-refractivity contribution in [1.82, 2.24) is 9.62 Å². The van der Waals surface area contributed by atoms with Crippen LogP contribution in [0.3, 0.4) is 0 Å². The molecule has 23 heavy (non-hydrogen) atoms. The first-order valence-electron chi connectivity index (χ1n) is 7.69. The van der Waals surface area contributed by atoms with E-state index in [1.54, 1.807) is 11.9 Å². The van der Waals surface area contributed by atoms with E-state index in [1.165, 1.54) is 0 Å². The topological polar surface area (TPSA) is 53.6 Å². The van der Waals surface area contributed by atoms with Gasteiger partial charge in [0.15, 0.2) is 0 Å². The van der Waals surface area contributed by atoms with Crippen molar-refractivity contribution in [2.24, 2.45) is 10.7 Å². The first kappa shape index (κ1) is 18.3. The second kappa shape index (κ2) is 8.20. The van der Waals surface area contributed by atoms with Gasteiger partial charge in [0.25, 0.3) is 0 Å². The molecule has 1 aromatic carbocycles. The van der Waals surface area contributed by atoms with Crippen LogP contribution in [0, 0.1) is 0 Å².